The summed E-state index contributed by atoms with van der Waals surface area (Å²) >= 11 is 0. The van der Waals surface area contributed by atoms with Gasteiger partial charge in [0.2, 0.25) is 0 Å². The van der Waals surface area contributed by atoms with Crippen LogP contribution in [0.5, 0.6) is 5.75 Å². The van der Waals surface area contributed by atoms with Crippen molar-refractivity contribution < 1.29 is 14.3 Å². The summed E-state index contributed by atoms with van der Waals surface area (Å²) in [7, 11) is 0. The molecule has 1 saturated carbocycles. The standard InChI is InChI=1S/C19H24O3/c1-19(2)15-9-8-14(17(19)12-15)10-11-21-18(20)13-22-16-6-4-3-5-7-16/h3-8,15,17H,9-13H2,1-2H3. The molecule has 1 aromatic carbocycles. The number of hydrogen-bond donors (Lipinski definition) is 0. The van der Waals surface area contributed by atoms with Crippen LogP contribution in [0, 0.1) is 17.3 Å². The molecular formula is C19H24O3. The summed E-state index contributed by atoms with van der Waals surface area (Å²) in [5.74, 6) is 1.93. The monoisotopic (exact) mass is 300 g/mol. The summed E-state index contributed by atoms with van der Waals surface area (Å²) in [6.45, 7) is 5.15. The molecule has 0 spiro atoms. The van der Waals surface area contributed by atoms with Gasteiger partial charge < -0.3 is 9.47 Å². The van der Waals surface area contributed by atoms with E-state index in [1.54, 1.807) is 0 Å². The van der Waals surface area contributed by atoms with E-state index in [9.17, 15) is 4.79 Å². The van der Waals surface area contributed by atoms with Crippen molar-refractivity contribution in [2.75, 3.05) is 13.2 Å². The van der Waals surface area contributed by atoms with Crippen molar-refractivity contribution in [2.45, 2.75) is 33.1 Å². The van der Waals surface area contributed by atoms with Crippen LogP contribution in [0.15, 0.2) is 42.0 Å². The number of fused-ring (bicyclic) bond motifs is 1. The number of ether oxygens (including phenoxy) is 2. The molecule has 2 bridgehead atoms. The van der Waals surface area contributed by atoms with Crippen molar-refractivity contribution in [1.82, 2.24) is 0 Å². The fourth-order valence-corrected chi connectivity index (χ4v) is 3.74. The normalized spacial score (nSPS) is 24.9. The third kappa shape index (κ3) is 3.03. The Morgan fingerprint density at radius 2 is 2.05 bits per heavy atom. The van der Waals surface area contributed by atoms with Crippen molar-refractivity contribution in [3.8, 4) is 5.75 Å². The maximum atomic E-state index is 11.7. The summed E-state index contributed by atoms with van der Waals surface area (Å²) in [5.41, 5.74) is 1.91. The van der Waals surface area contributed by atoms with Crippen LogP contribution in [0.1, 0.15) is 33.1 Å². The van der Waals surface area contributed by atoms with Gasteiger partial charge in [-0.3, -0.25) is 0 Å². The second kappa shape index (κ2) is 6.15. The fraction of sp³-hybridized carbons (Fsp3) is 0.526. The highest BCUT2D eigenvalue weighted by Gasteiger charge is 2.50. The highest BCUT2D eigenvalue weighted by atomic mass is 16.6. The maximum Gasteiger partial charge on any atom is 0.344 e. The minimum Gasteiger partial charge on any atom is -0.482 e. The van der Waals surface area contributed by atoms with E-state index in [-0.39, 0.29) is 12.6 Å². The van der Waals surface area contributed by atoms with E-state index in [4.69, 9.17) is 9.47 Å². The van der Waals surface area contributed by atoms with Gasteiger partial charge in [0.25, 0.3) is 0 Å². The van der Waals surface area contributed by atoms with Crippen LogP contribution in [-0.4, -0.2) is 19.2 Å². The molecular weight excluding hydrogens is 276 g/mol. The Labute approximate surface area is 132 Å². The van der Waals surface area contributed by atoms with Gasteiger partial charge in [-0.1, -0.05) is 43.7 Å². The van der Waals surface area contributed by atoms with Crippen LogP contribution in [0.2, 0.25) is 0 Å². The lowest BCUT2D eigenvalue weighted by atomic mass is 9.48. The smallest absolute Gasteiger partial charge is 0.344 e. The molecule has 0 saturated heterocycles. The lowest BCUT2D eigenvalue weighted by Gasteiger charge is -2.56. The Morgan fingerprint density at radius 1 is 1.27 bits per heavy atom. The van der Waals surface area contributed by atoms with Gasteiger partial charge >= 0.3 is 5.97 Å². The molecule has 0 aliphatic heterocycles. The molecule has 0 heterocycles. The summed E-state index contributed by atoms with van der Waals surface area (Å²) < 4.78 is 10.7. The van der Waals surface area contributed by atoms with Gasteiger partial charge in [-0.15, -0.1) is 0 Å². The average Bonchev–Trinajstić information content (AvgIpc) is 2.54. The van der Waals surface area contributed by atoms with Crippen LogP contribution in [0.25, 0.3) is 0 Å². The second-order valence-corrected chi connectivity index (χ2v) is 6.89. The lowest BCUT2D eigenvalue weighted by molar-refractivity contribution is -0.146. The molecule has 1 fully saturated rings. The highest BCUT2D eigenvalue weighted by molar-refractivity contribution is 5.71. The largest absolute Gasteiger partial charge is 0.482 e. The van der Waals surface area contributed by atoms with Crippen molar-refractivity contribution in [3.05, 3.63) is 42.0 Å². The van der Waals surface area contributed by atoms with Crippen molar-refractivity contribution >= 4 is 5.97 Å². The van der Waals surface area contributed by atoms with E-state index in [0.717, 1.165) is 12.3 Å². The van der Waals surface area contributed by atoms with Crippen molar-refractivity contribution in [2.24, 2.45) is 17.3 Å². The van der Waals surface area contributed by atoms with Gasteiger partial charge in [0.1, 0.15) is 5.75 Å². The summed E-state index contributed by atoms with van der Waals surface area (Å²) in [4.78, 5) is 11.7. The summed E-state index contributed by atoms with van der Waals surface area (Å²) in [6.07, 6.45) is 5.71. The van der Waals surface area contributed by atoms with E-state index in [2.05, 4.69) is 19.9 Å². The predicted molar refractivity (Wildman–Crippen MR) is 85.6 cm³/mol. The molecule has 0 aromatic heterocycles. The Bertz CT molecular complexity index is 559. The molecule has 0 radical (unpaired) electrons. The number of esters is 1. The number of hydrogen-bond acceptors (Lipinski definition) is 3. The number of carbonyl (C=O) groups excluding carboxylic acids is 1. The zero-order chi connectivity index (χ0) is 15.6. The van der Waals surface area contributed by atoms with Crippen LogP contribution < -0.4 is 4.74 Å². The third-order valence-electron chi connectivity index (χ3n) is 5.34. The fourth-order valence-electron chi connectivity index (χ4n) is 3.74. The lowest BCUT2D eigenvalue weighted by Crippen LogP contribution is -2.48. The number of allylic oxidation sites excluding steroid dienone is 1. The first-order valence-corrected chi connectivity index (χ1v) is 8.10. The van der Waals surface area contributed by atoms with E-state index < -0.39 is 0 Å². The molecule has 3 aliphatic carbocycles. The van der Waals surface area contributed by atoms with Crippen molar-refractivity contribution in [1.29, 1.82) is 0 Å². The number of para-hydroxylation sites is 1. The zero-order valence-electron chi connectivity index (χ0n) is 13.4. The topological polar surface area (TPSA) is 35.5 Å². The molecule has 1 aromatic rings. The van der Waals surface area contributed by atoms with Gasteiger partial charge in [0.05, 0.1) is 6.61 Å². The Hall–Kier alpha value is -1.77. The Balaban J connectivity index is 1.38. The molecule has 0 N–H and O–H groups in total. The van der Waals surface area contributed by atoms with Crippen molar-refractivity contribution in [3.63, 3.8) is 0 Å². The zero-order valence-corrected chi connectivity index (χ0v) is 13.4. The molecule has 118 valence electrons. The Morgan fingerprint density at radius 3 is 2.73 bits per heavy atom. The van der Waals surface area contributed by atoms with E-state index >= 15 is 0 Å². The Kier molecular flexibility index (Phi) is 4.23. The third-order valence-corrected chi connectivity index (χ3v) is 5.34. The molecule has 4 rings (SSSR count). The van der Waals surface area contributed by atoms with E-state index in [0.29, 0.717) is 23.7 Å². The average molecular weight is 300 g/mol. The number of carbonyl (C=O) groups is 1. The quantitative estimate of drug-likeness (QED) is 0.588. The SMILES string of the molecule is CC1(C)C2CC=C(CCOC(=O)COc3ccccc3)C1C2. The molecule has 3 aliphatic rings. The molecule has 3 nitrogen and oxygen atoms in total. The maximum absolute atomic E-state index is 11.7. The van der Waals surface area contributed by atoms with E-state index in [1.165, 1.54) is 18.4 Å². The van der Waals surface area contributed by atoms with E-state index in [1.807, 2.05) is 30.3 Å². The minimum atomic E-state index is -0.300. The predicted octanol–water partition coefficient (Wildman–Crippen LogP) is 3.99. The first-order valence-electron chi connectivity index (χ1n) is 8.10. The number of benzene rings is 1. The molecule has 2 unspecified atom stereocenters. The van der Waals surface area contributed by atoms with Crippen LogP contribution in [0.4, 0.5) is 0 Å². The van der Waals surface area contributed by atoms with Gasteiger partial charge in [-0.05, 0) is 42.2 Å². The summed E-state index contributed by atoms with van der Waals surface area (Å²) in [6, 6.07) is 9.33. The summed E-state index contributed by atoms with van der Waals surface area (Å²) in [5, 5.41) is 0. The number of rotatable bonds is 6. The molecule has 0 amide bonds. The first-order chi connectivity index (χ1) is 10.6. The van der Waals surface area contributed by atoms with Crippen LogP contribution in [0.3, 0.4) is 0 Å². The van der Waals surface area contributed by atoms with Gasteiger partial charge in [0.15, 0.2) is 6.61 Å². The highest BCUT2D eigenvalue weighted by Crippen LogP contribution is 2.59. The van der Waals surface area contributed by atoms with Gasteiger partial charge in [-0.25, -0.2) is 4.79 Å². The minimum absolute atomic E-state index is 0.0277. The first kappa shape index (κ1) is 15.1. The molecule has 22 heavy (non-hydrogen) atoms. The van der Waals surface area contributed by atoms with Crippen LogP contribution >= 0.6 is 0 Å². The van der Waals surface area contributed by atoms with Gasteiger partial charge in [0, 0.05) is 6.42 Å². The van der Waals surface area contributed by atoms with Crippen LogP contribution in [-0.2, 0) is 9.53 Å². The van der Waals surface area contributed by atoms with Gasteiger partial charge in [-0.2, -0.15) is 0 Å². The molecule has 3 heteroatoms. The second-order valence-electron chi connectivity index (χ2n) is 6.89. The molecule has 2 atom stereocenters.